The van der Waals surface area contributed by atoms with E-state index < -0.39 is 0 Å². The third kappa shape index (κ3) is 1.62. The summed E-state index contributed by atoms with van der Waals surface area (Å²) in [6.07, 6.45) is 0. The molecule has 0 bridgehead atoms. The van der Waals surface area contributed by atoms with E-state index in [1.165, 1.54) is 11.8 Å². The molecular weight excluding hydrogens is 151 g/mol. The van der Waals surface area contributed by atoms with E-state index in [2.05, 4.69) is 0 Å². The van der Waals surface area contributed by atoms with Crippen LogP contribution in [0.25, 0.3) is 0 Å². The van der Waals surface area contributed by atoms with Crippen molar-refractivity contribution in [3.63, 3.8) is 0 Å². The van der Waals surface area contributed by atoms with Crippen LogP contribution < -0.4 is 0 Å². The van der Waals surface area contributed by atoms with Gasteiger partial charge in [0.2, 0.25) is 0 Å². The molecule has 1 atom stereocenters. The minimum absolute atomic E-state index is 0.129. The highest BCUT2D eigenvalue weighted by molar-refractivity contribution is 8.13. The summed E-state index contributed by atoms with van der Waals surface area (Å²) in [6, 6.07) is 0. The Bertz CT molecular complexity index is 140. The van der Waals surface area contributed by atoms with Crippen LogP contribution in [0.3, 0.4) is 0 Å². The van der Waals surface area contributed by atoms with E-state index >= 15 is 0 Å². The van der Waals surface area contributed by atoms with E-state index in [4.69, 9.17) is 5.41 Å². The average molecular weight is 162 g/mol. The largest absolute Gasteiger partial charge is 0.354 e. The number of hydrogen-bond acceptors (Lipinski definition) is 2. The van der Waals surface area contributed by atoms with Crippen molar-refractivity contribution >= 4 is 16.9 Å². The van der Waals surface area contributed by atoms with Gasteiger partial charge >= 0.3 is 0 Å². The van der Waals surface area contributed by atoms with E-state index in [0.717, 1.165) is 5.75 Å². The van der Waals surface area contributed by atoms with Gasteiger partial charge in [0, 0.05) is 25.3 Å². The molecule has 1 aliphatic heterocycles. The number of alkyl halides is 1. The molecule has 4 heteroatoms. The van der Waals surface area contributed by atoms with E-state index in [1.54, 1.807) is 4.90 Å². The maximum atomic E-state index is 12.1. The summed E-state index contributed by atoms with van der Waals surface area (Å²) in [7, 11) is 1.83. The Balaban J connectivity index is 2.40. The molecule has 1 N–H and O–H groups in total. The van der Waals surface area contributed by atoms with Gasteiger partial charge in [-0.25, -0.2) is 0 Å². The Kier molecular flexibility index (Phi) is 2.54. The lowest BCUT2D eigenvalue weighted by molar-refractivity contribution is 0.323. The molecule has 1 fully saturated rings. The second-order valence-electron chi connectivity index (χ2n) is 2.52. The first kappa shape index (κ1) is 7.85. The van der Waals surface area contributed by atoms with Crippen LogP contribution in [0.5, 0.6) is 0 Å². The highest BCUT2D eigenvalue weighted by Gasteiger charge is 2.20. The monoisotopic (exact) mass is 162 g/mol. The molecule has 2 nitrogen and oxygen atoms in total. The van der Waals surface area contributed by atoms with Crippen molar-refractivity contribution in [1.29, 1.82) is 5.41 Å². The van der Waals surface area contributed by atoms with Gasteiger partial charge in [-0.3, -0.25) is 9.80 Å². The molecular formula is C6H11FN2S. The van der Waals surface area contributed by atoms with Crippen LogP contribution in [-0.4, -0.2) is 36.1 Å². The number of rotatable bonds is 1. The molecule has 1 heterocycles. The Morgan fingerprint density at radius 2 is 2.60 bits per heavy atom. The normalized spacial score (nSPS) is 27.2. The Hall–Kier alpha value is -0.250. The maximum Gasteiger partial charge on any atom is 0.156 e. The third-order valence-corrected chi connectivity index (χ3v) is 2.78. The summed E-state index contributed by atoms with van der Waals surface area (Å²) in [5, 5.41) is 7.89. The zero-order chi connectivity index (χ0) is 7.56. The zero-order valence-electron chi connectivity index (χ0n) is 5.93. The van der Waals surface area contributed by atoms with E-state index in [0.29, 0.717) is 11.7 Å². The van der Waals surface area contributed by atoms with Crippen LogP contribution in [0.4, 0.5) is 4.39 Å². The zero-order valence-corrected chi connectivity index (χ0v) is 6.75. The van der Waals surface area contributed by atoms with Crippen molar-refractivity contribution in [1.82, 2.24) is 4.90 Å². The first-order valence-corrected chi connectivity index (χ1v) is 4.21. The summed E-state index contributed by atoms with van der Waals surface area (Å²) in [5.41, 5.74) is 0. The van der Waals surface area contributed by atoms with E-state index in [9.17, 15) is 4.39 Å². The van der Waals surface area contributed by atoms with Gasteiger partial charge in [-0.2, -0.15) is 0 Å². The van der Waals surface area contributed by atoms with Crippen molar-refractivity contribution < 1.29 is 4.39 Å². The molecule has 1 unspecified atom stereocenters. The molecule has 1 aliphatic rings. The highest BCUT2D eigenvalue weighted by atomic mass is 32.2. The van der Waals surface area contributed by atoms with Gasteiger partial charge < -0.3 is 4.90 Å². The molecule has 0 radical (unpaired) electrons. The number of nitrogens with zero attached hydrogens (tertiary/aromatic N) is 1. The molecule has 0 saturated carbocycles. The van der Waals surface area contributed by atoms with E-state index in [-0.39, 0.29) is 12.6 Å². The summed E-state index contributed by atoms with van der Waals surface area (Å²) in [4.78, 5) is 1.79. The first-order chi connectivity index (χ1) is 4.74. The van der Waals surface area contributed by atoms with Gasteiger partial charge in [0.15, 0.2) is 5.17 Å². The number of nitrogens with one attached hydrogen (secondary N) is 1. The number of halogens is 1. The molecule has 10 heavy (non-hydrogen) atoms. The SMILES string of the molecule is CN1CC(CF)CSC1=N. The van der Waals surface area contributed by atoms with Gasteiger partial charge in [0.05, 0.1) is 6.67 Å². The topological polar surface area (TPSA) is 27.1 Å². The van der Waals surface area contributed by atoms with E-state index in [1.807, 2.05) is 7.05 Å². The Morgan fingerprint density at radius 1 is 1.90 bits per heavy atom. The predicted octanol–water partition coefficient (Wildman–Crippen LogP) is 1.19. The predicted molar refractivity (Wildman–Crippen MR) is 42.3 cm³/mol. The second-order valence-corrected chi connectivity index (χ2v) is 3.53. The van der Waals surface area contributed by atoms with Gasteiger partial charge in [-0.15, -0.1) is 0 Å². The lowest BCUT2D eigenvalue weighted by Crippen LogP contribution is -2.36. The van der Waals surface area contributed by atoms with Crippen LogP contribution in [0.15, 0.2) is 0 Å². The first-order valence-electron chi connectivity index (χ1n) is 3.22. The molecule has 58 valence electrons. The number of amidine groups is 1. The molecule has 1 saturated heterocycles. The molecule has 0 aromatic rings. The fraction of sp³-hybridized carbons (Fsp3) is 0.833. The van der Waals surface area contributed by atoms with Crippen molar-refractivity contribution in [2.75, 3.05) is 26.0 Å². The van der Waals surface area contributed by atoms with Gasteiger partial charge in [0.25, 0.3) is 0 Å². The molecule has 1 rings (SSSR count). The number of thioether (sulfide) groups is 1. The molecule has 0 spiro atoms. The summed E-state index contributed by atoms with van der Waals surface area (Å²) in [6.45, 7) is 0.437. The van der Waals surface area contributed by atoms with Crippen molar-refractivity contribution in [2.24, 2.45) is 5.92 Å². The highest BCUT2D eigenvalue weighted by Crippen LogP contribution is 2.19. The summed E-state index contributed by atoms with van der Waals surface area (Å²) in [5.74, 6) is 0.892. The third-order valence-electron chi connectivity index (χ3n) is 1.55. The van der Waals surface area contributed by atoms with Gasteiger partial charge in [-0.05, 0) is 0 Å². The van der Waals surface area contributed by atoms with Crippen LogP contribution >= 0.6 is 11.8 Å². The molecule has 0 aromatic heterocycles. The fourth-order valence-electron chi connectivity index (χ4n) is 0.923. The Labute approximate surface area is 64.3 Å². The van der Waals surface area contributed by atoms with Gasteiger partial charge in [-0.1, -0.05) is 11.8 Å². The lowest BCUT2D eigenvalue weighted by atomic mass is 10.2. The van der Waals surface area contributed by atoms with Crippen molar-refractivity contribution in [3.05, 3.63) is 0 Å². The summed E-state index contributed by atoms with van der Waals surface area (Å²) < 4.78 is 12.1. The lowest BCUT2D eigenvalue weighted by Gasteiger charge is -2.29. The number of hydrogen-bond donors (Lipinski definition) is 1. The quantitative estimate of drug-likeness (QED) is 0.627. The smallest absolute Gasteiger partial charge is 0.156 e. The van der Waals surface area contributed by atoms with Crippen LogP contribution in [0, 0.1) is 11.3 Å². The fourth-order valence-corrected chi connectivity index (χ4v) is 1.81. The molecule has 0 aliphatic carbocycles. The van der Waals surface area contributed by atoms with Gasteiger partial charge in [0.1, 0.15) is 0 Å². The molecule has 0 aromatic carbocycles. The Morgan fingerprint density at radius 3 is 3.10 bits per heavy atom. The van der Waals surface area contributed by atoms with Crippen molar-refractivity contribution in [2.45, 2.75) is 0 Å². The standard InChI is InChI=1S/C6H11FN2S/c1-9-3-5(2-7)4-10-6(9)8/h5,8H,2-4H2,1H3. The van der Waals surface area contributed by atoms with Crippen LogP contribution in [-0.2, 0) is 0 Å². The summed E-state index contributed by atoms with van der Waals surface area (Å²) >= 11 is 1.43. The average Bonchev–Trinajstić information content (AvgIpc) is 1.95. The van der Waals surface area contributed by atoms with Crippen LogP contribution in [0.1, 0.15) is 0 Å². The van der Waals surface area contributed by atoms with Crippen LogP contribution in [0.2, 0.25) is 0 Å². The minimum atomic E-state index is -0.259. The maximum absolute atomic E-state index is 12.1. The van der Waals surface area contributed by atoms with Crippen molar-refractivity contribution in [3.8, 4) is 0 Å². The molecule has 0 amide bonds. The minimum Gasteiger partial charge on any atom is -0.354 e. The second kappa shape index (κ2) is 3.23.